The van der Waals surface area contributed by atoms with Crippen molar-refractivity contribution in [2.75, 3.05) is 31.1 Å². The van der Waals surface area contributed by atoms with Gasteiger partial charge in [-0.2, -0.15) is 0 Å². The fraction of sp³-hybridized carbons (Fsp3) is 0.421. The zero-order chi connectivity index (χ0) is 17.2. The van der Waals surface area contributed by atoms with Crippen LogP contribution >= 0.6 is 0 Å². The minimum Gasteiger partial charge on any atom is -0.348 e. The van der Waals surface area contributed by atoms with Crippen LogP contribution in [-0.2, 0) is 17.6 Å². The molecule has 2 heterocycles. The van der Waals surface area contributed by atoms with Crippen molar-refractivity contribution in [1.29, 1.82) is 0 Å². The number of H-pyrrole nitrogens is 1. The fourth-order valence-corrected chi connectivity index (χ4v) is 3.87. The lowest BCUT2D eigenvalue weighted by Crippen LogP contribution is -2.52. The standard InChI is InChI=1S/C19H22N4O2/c24-18-17(20-7-8-21-18)22-9-11-23(12-10-22)19(25)16-6-5-14-3-1-2-4-15(14)13-16/h1-4,7-8,16H,5-6,9-13H2,(H,21,24). The Labute approximate surface area is 146 Å². The summed E-state index contributed by atoms with van der Waals surface area (Å²) in [5, 5.41) is 0. The maximum Gasteiger partial charge on any atom is 0.290 e. The van der Waals surface area contributed by atoms with E-state index in [0.717, 1.165) is 19.3 Å². The molecule has 1 aromatic carbocycles. The number of amides is 1. The van der Waals surface area contributed by atoms with E-state index in [4.69, 9.17) is 0 Å². The summed E-state index contributed by atoms with van der Waals surface area (Å²) in [7, 11) is 0. The molecule has 1 aliphatic carbocycles. The lowest BCUT2D eigenvalue weighted by Gasteiger charge is -2.37. The summed E-state index contributed by atoms with van der Waals surface area (Å²) in [5.74, 6) is 0.782. The molecule has 0 saturated carbocycles. The molecule has 1 N–H and O–H groups in total. The lowest BCUT2D eigenvalue weighted by molar-refractivity contribution is -0.136. The number of benzene rings is 1. The number of carbonyl (C=O) groups excluding carboxylic acids is 1. The number of rotatable bonds is 2. The minimum absolute atomic E-state index is 0.0831. The Morgan fingerprint density at radius 3 is 2.64 bits per heavy atom. The van der Waals surface area contributed by atoms with Gasteiger partial charge < -0.3 is 14.8 Å². The Bertz CT molecular complexity index is 824. The highest BCUT2D eigenvalue weighted by molar-refractivity contribution is 5.80. The van der Waals surface area contributed by atoms with Gasteiger partial charge >= 0.3 is 0 Å². The third-order valence-corrected chi connectivity index (χ3v) is 5.28. The monoisotopic (exact) mass is 338 g/mol. The maximum absolute atomic E-state index is 12.9. The number of aryl methyl sites for hydroxylation is 1. The second kappa shape index (κ2) is 6.70. The summed E-state index contributed by atoms with van der Waals surface area (Å²) < 4.78 is 0. The fourth-order valence-electron chi connectivity index (χ4n) is 3.87. The SMILES string of the molecule is O=C(C1CCc2ccccc2C1)N1CCN(c2ncc[nH]c2=O)CC1. The first-order valence-electron chi connectivity index (χ1n) is 8.86. The van der Waals surface area contributed by atoms with E-state index in [0.29, 0.717) is 32.0 Å². The van der Waals surface area contributed by atoms with Crippen molar-refractivity contribution in [2.24, 2.45) is 5.92 Å². The highest BCUT2D eigenvalue weighted by atomic mass is 16.2. The summed E-state index contributed by atoms with van der Waals surface area (Å²) in [6.45, 7) is 2.59. The van der Waals surface area contributed by atoms with Gasteiger partial charge in [0, 0.05) is 44.5 Å². The first-order valence-corrected chi connectivity index (χ1v) is 8.86. The van der Waals surface area contributed by atoms with Crippen molar-refractivity contribution in [3.63, 3.8) is 0 Å². The van der Waals surface area contributed by atoms with Crippen LogP contribution in [0.5, 0.6) is 0 Å². The van der Waals surface area contributed by atoms with Crippen LogP contribution in [0.3, 0.4) is 0 Å². The lowest BCUT2D eigenvalue weighted by atomic mass is 9.83. The Morgan fingerprint density at radius 2 is 1.88 bits per heavy atom. The van der Waals surface area contributed by atoms with E-state index in [1.807, 2.05) is 9.80 Å². The zero-order valence-corrected chi connectivity index (χ0v) is 14.1. The number of aromatic nitrogens is 2. The number of nitrogens with zero attached hydrogens (tertiary/aromatic N) is 3. The van der Waals surface area contributed by atoms with Crippen LogP contribution in [0.4, 0.5) is 5.82 Å². The van der Waals surface area contributed by atoms with Gasteiger partial charge in [-0.1, -0.05) is 24.3 Å². The Morgan fingerprint density at radius 1 is 1.12 bits per heavy atom. The van der Waals surface area contributed by atoms with Crippen molar-refractivity contribution in [2.45, 2.75) is 19.3 Å². The summed E-state index contributed by atoms with van der Waals surface area (Å²) in [6.07, 6.45) is 5.88. The average molecular weight is 338 g/mol. The van der Waals surface area contributed by atoms with Crippen LogP contribution in [0.1, 0.15) is 17.5 Å². The van der Waals surface area contributed by atoms with Gasteiger partial charge in [-0.3, -0.25) is 9.59 Å². The molecule has 1 unspecified atom stereocenters. The quantitative estimate of drug-likeness (QED) is 0.894. The predicted octanol–water partition coefficient (Wildman–Crippen LogP) is 1.22. The largest absolute Gasteiger partial charge is 0.348 e. The van der Waals surface area contributed by atoms with E-state index >= 15 is 0 Å². The number of aromatic amines is 1. The third kappa shape index (κ3) is 3.16. The molecule has 1 atom stereocenters. The number of anilines is 1. The summed E-state index contributed by atoms with van der Waals surface area (Å²) >= 11 is 0. The number of nitrogens with one attached hydrogen (secondary N) is 1. The van der Waals surface area contributed by atoms with Gasteiger partial charge in [-0.15, -0.1) is 0 Å². The Balaban J connectivity index is 1.39. The highest BCUT2D eigenvalue weighted by Crippen LogP contribution is 2.27. The first kappa shape index (κ1) is 15.9. The molecule has 1 fully saturated rings. The minimum atomic E-state index is -0.175. The van der Waals surface area contributed by atoms with E-state index in [1.54, 1.807) is 6.20 Å². The van der Waals surface area contributed by atoms with E-state index in [-0.39, 0.29) is 17.4 Å². The topological polar surface area (TPSA) is 69.3 Å². The number of hydrogen-bond donors (Lipinski definition) is 1. The molecule has 4 rings (SSSR count). The van der Waals surface area contributed by atoms with Crippen molar-refractivity contribution in [1.82, 2.24) is 14.9 Å². The molecule has 6 nitrogen and oxygen atoms in total. The van der Waals surface area contributed by atoms with Crippen molar-refractivity contribution < 1.29 is 4.79 Å². The van der Waals surface area contributed by atoms with Crippen LogP contribution in [0.2, 0.25) is 0 Å². The normalized spacial score (nSPS) is 20.2. The molecule has 130 valence electrons. The van der Waals surface area contributed by atoms with Crippen LogP contribution < -0.4 is 10.5 Å². The molecule has 0 radical (unpaired) electrons. The van der Waals surface area contributed by atoms with Crippen molar-refractivity contribution >= 4 is 11.7 Å². The van der Waals surface area contributed by atoms with Gasteiger partial charge in [0.15, 0.2) is 5.82 Å². The van der Waals surface area contributed by atoms with Crippen LogP contribution in [0, 0.1) is 5.92 Å². The van der Waals surface area contributed by atoms with Crippen LogP contribution in [-0.4, -0.2) is 47.0 Å². The molecule has 1 aromatic heterocycles. The first-order chi connectivity index (χ1) is 12.2. The summed E-state index contributed by atoms with van der Waals surface area (Å²) in [6, 6.07) is 8.42. The molecule has 0 spiro atoms. The van der Waals surface area contributed by atoms with Crippen molar-refractivity contribution in [3.05, 3.63) is 58.1 Å². The molecule has 1 aliphatic heterocycles. The molecule has 25 heavy (non-hydrogen) atoms. The number of fused-ring (bicyclic) bond motifs is 1. The van der Waals surface area contributed by atoms with Gasteiger partial charge in [-0.25, -0.2) is 4.98 Å². The molecule has 2 aromatic rings. The van der Waals surface area contributed by atoms with Gasteiger partial charge in [0.25, 0.3) is 5.56 Å². The summed E-state index contributed by atoms with van der Waals surface area (Å²) in [5.41, 5.74) is 2.52. The predicted molar refractivity (Wildman–Crippen MR) is 95.6 cm³/mol. The smallest absolute Gasteiger partial charge is 0.290 e. The Hall–Kier alpha value is -2.63. The molecule has 1 amide bonds. The molecule has 0 bridgehead atoms. The van der Waals surface area contributed by atoms with Crippen LogP contribution in [0.15, 0.2) is 41.5 Å². The molecular formula is C19H22N4O2. The highest BCUT2D eigenvalue weighted by Gasteiger charge is 2.30. The Kier molecular flexibility index (Phi) is 4.26. The van der Waals surface area contributed by atoms with Gasteiger partial charge in [-0.05, 0) is 30.4 Å². The molecule has 1 saturated heterocycles. The van der Waals surface area contributed by atoms with Crippen LogP contribution in [0.25, 0.3) is 0 Å². The second-order valence-corrected chi connectivity index (χ2v) is 6.76. The second-order valence-electron chi connectivity index (χ2n) is 6.76. The van der Waals surface area contributed by atoms with E-state index < -0.39 is 0 Å². The molecule has 2 aliphatic rings. The number of hydrogen-bond acceptors (Lipinski definition) is 4. The summed E-state index contributed by atoms with van der Waals surface area (Å²) in [4.78, 5) is 35.5. The third-order valence-electron chi connectivity index (χ3n) is 5.28. The van der Waals surface area contributed by atoms with Gasteiger partial charge in [0.05, 0.1) is 0 Å². The average Bonchev–Trinajstić information content (AvgIpc) is 2.67. The van der Waals surface area contributed by atoms with Gasteiger partial charge in [0.2, 0.25) is 5.91 Å². The molecular weight excluding hydrogens is 316 g/mol. The van der Waals surface area contributed by atoms with E-state index in [2.05, 4.69) is 34.2 Å². The zero-order valence-electron chi connectivity index (χ0n) is 14.1. The number of piperazine rings is 1. The van der Waals surface area contributed by atoms with Crippen molar-refractivity contribution in [3.8, 4) is 0 Å². The van der Waals surface area contributed by atoms with E-state index in [1.165, 1.54) is 17.3 Å². The van der Waals surface area contributed by atoms with E-state index in [9.17, 15) is 9.59 Å². The maximum atomic E-state index is 12.9. The molecule has 6 heteroatoms. The van der Waals surface area contributed by atoms with Gasteiger partial charge in [0.1, 0.15) is 0 Å². The number of carbonyl (C=O) groups is 1.